The molecule has 1 heterocycles. The van der Waals surface area contributed by atoms with Crippen LogP contribution in [0.15, 0.2) is 71.6 Å². The summed E-state index contributed by atoms with van der Waals surface area (Å²) in [5, 5.41) is 3.17. The van der Waals surface area contributed by atoms with Crippen LogP contribution in [0.25, 0.3) is 0 Å². The van der Waals surface area contributed by atoms with Gasteiger partial charge in [0.1, 0.15) is 5.75 Å². The molecule has 1 unspecified atom stereocenters. The average Bonchev–Trinajstić information content (AvgIpc) is 3.10. The molecule has 0 saturated carbocycles. The number of anilines is 2. The highest BCUT2D eigenvalue weighted by Gasteiger charge is 2.36. The van der Waals surface area contributed by atoms with Gasteiger partial charge in [-0.3, -0.25) is 9.10 Å². The minimum absolute atomic E-state index is 0.0572. The van der Waals surface area contributed by atoms with Crippen molar-refractivity contribution in [3.63, 3.8) is 0 Å². The van der Waals surface area contributed by atoms with Gasteiger partial charge in [-0.15, -0.1) is 0 Å². The van der Waals surface area contributed by atoms with Crippen LogP contribution in [0.5, 0.6) is 5.75 Å². The van der Waals surface area contributed by atoms with Crippen LogP contribution in [0.1, 0.15) is 22.8 Å². The number of ether oxygens (including phenoxy) is 1. The summed E-state index contributed by atoms with van der Waals surface area (Å²) < 4.78 is 33.6. The van der Waals surface area contributed by atoms with Crippen molar-refractivity contribution >= 4 is 38.9 Å². The van der Waals surface area contributed by atoms with Gasteiger partial charge in [0.25, 0.3) is 15.9 Å². The molecule has 1 aliphatic rings. The number of benzene rings is 3. The first-order chi connectivity index (χ1) is 14.8. The highest BCUT2D eigenvalue weighted by Crippen LogP contribution is 2.36. The third kappa shape index (κ3) is 3.98. The van der Waals surface area contributed by atoms with E-state index >= 15 is 0 Å². The number of rotatable bonds is 5. The number of amides is 1. The van der Waals surface area contributed by atoms with Crippen LogP contribution in [-0.4, -0.2) is 27.5 Å². The molecule has 1 aliphatic heterocycles. The molecule has 0 fully saturated rings. The van der Waals surface area contributed by atoms with Crippen molar-refractivity contribution in [1.82, 2.24) is 0 Å². The van der Waals surface area contributed by atoms with E-state index in [2.05, 4.69) is 5.32 Å². The maximum atomic E-state index is 13.4. The quantitative estimate of drug-likeness (QED) is 0.601. The monoisotopic (exact) mass is 456 g/mol. The number of para-hydroxylation sites is 1. The van der Waals surface area contributed by atoms with Crippen LogP contribution in [0, 0.1) is 0 Å². The predicted octanol–water partition coefficient (Wildman–Crippen LogP) is 4.74. The summed E-state index contributed by atoms with van der Waals surface area (Å²) in [7, 11) is -2.35. The molecule has 1 amide bonds. The number of methoxy groups -OCH3 is 1. The first-order valence-corrected chi connectivity index (χ1v) is 11.5. The topological polar surface area (TPSA) is 75.7 Å². The van der Waals surface area contributed by atoms with E-state index in [-0.39, 0.29) is 16.5 Å². The summed E-state index contributed by atoms with van der Waals surface area (Å²) in [4.78, 5) is 12.9. The highest BCUT2D eigenvalue weighted by atomic mass is 35.5. The van der Waals surface area contributed by atoms with E-state index in [0.29, 0.717) is 28.6 Å². The lowest BCUT2D eigenvalue weighted by atomic mass is 10.1. The van der Waals surface area contributed by atoms with Crippen LogP contribution in [0.4, 0.5) is 11.4 Å². The Hall–Kier alpha value is -3.03. The van der Waals surface area contributed by atoms with Crippen molar-refractivity contribution in [1.29, 1.82) is 0 Å². The van der Waals surface area contributed by atoms with Gasteiger partial charge in [-0.05, 0) is 61.4 Å². The average molecular weight is 457 g/mol. The maximum Gasteiger partial charge on any atom is 0.264 e. The standard InChI is InChI=1S/C23H21ClN2O4S/c1-15-12-16-6-3-4-9-21(16)26(15)31(28,29)19-8-5-7-17(13-19)23(27)25-20-14-18(24)10-11-22(20)30-2/h3-11,13-15H,12H2,1-2H3,(H,25,27). The molecule has 3 aromatic rings. The number of sulfonamides is 1. The molecule has 0 aromatic heterocycles. The highest BCUT2D eigenvalue weighted by molar-refractivity contribution is 7.92. The minimum atomic E-state index is -3.84. The lowest BCUT2D eigenvalue weighted by Crippen LogP contribution is -2.35. The lowest BCUT2D eigenvalue weighted by molar-refractivity contribution is 0.102. The Bertz CT molecular complexity index is 1260. The SMILES string of the molecule is COc1ccc(Cl)cc1NC(=O)c1cccc(S(=O)(=O)N2c3ccccc3CC2C)c1. The van der Waals surface area contributed by atoms with Crippen molar-refractivity contribution in [3.05, 3.63) is 82.9 Å². The van der Waals surface area contributed by atoms with Gasteiger partial charge >= 0.3 is 0 Å². The zero-order valence-corrected chi connectivity index (χ0v) is 18.6. The second kappa shape index (κ2) is 8.24. The van der Waals surface area contributed by atoms with Gasteiger partial charge in [-0.25, -0.2) is 8.42 Å². The molecule has 1 atom stereocenters. The number of nitrogens with one attached hydrogen (secondary N) is 1. The Morgan fingerprint density at radius 2 is 1.87 bits per heavy atom. The second-order valence-electron chi connectivity index (χ2n) is 7.31. The number of hydrogen-bond acceptors (Lipinski definition) is 4. The molecule has 4 rings (SSSR count). The summed E-state index contributed by atoms with van der Waals surface area (Å²) in [5.74, 6) is -0.0171. The fourth-order valence-corrected chi connectivity index (χ4v) is 5.70. The smallest absolute Gasteiger partial charge is 0.264 e. The van der Waals surface area contributed by atoms with Crippen LogP contribution < -0.4 is 14.4 Å². The Labute approximate surface area is 186 Å². The summed E-state index contributed by atoms with van der Waals surface area (Å²) in [6, 6.07) is 18.1. The summed E-state index contributed by atoms with van der Waals surface area (Å²) >= 11 is 6.02. The lowest BCUT2D eigenvalue weighted by Gasteiger charge is -2.24. The third-order valence-electron chi connectivity index (χ3n) is 5.21. The number of carbonyl (C=O) groups excluding carboxylic acids is 1. The number of fused-ring (bicyclic) bond motifs is 1. The molecule has 6 nitrogen and oxygen atoms in total. The zero-order chi connectivity index (χ0) is 22.2. The van der Waals surface area contributed by atoms with Gasteiger partial charge in [0.2, 0.25) is 0 Å². The van der Waals surface area contributed by atoms with Crippen molar-refractivity contribution in [3.8, 4) is 5.75 Å². The molecule has 0 spiro atoms. The predicted molar refractivity (Wildman–Crippen MR) is 122 cm³/mol. The Balaban J connectivity index is 1.66. The van der Waals surface area contributed by atoms with E-state index in [1.807, 2.05) is 25.1 Å². The second-order valence-corrected chi connectivity index (χ2v) is 9.56. The normalized spacial score (nSPS) is 15.5. The molecule has 0 bridgehead atoms. The molecule has 3 aromatic carbocycles. The Morgan fingerprint density at radius 3 is 2.65 bits per heavy atom. The van der Waals surface area contributed by atoms with E-state index in [1.165, 1.54) is 23.5 Å². The maximum absolute atomic E-state index is 13.4. The Morgan fingerprint density at radius 1 is 1.10 bits per heavy atom. The Kier molecular flexibility index (Phi) is 5.64. The first kappa shape index (κ1) is 21.2. The number of nitrogens with zero attached hydrogens (tertiary/aromatic N) is 1. The summed E-state index contributed by atoms with van der Waals surface area (Å²) in [6.07, 6.45) is 0.643. The molecule has 31 heavy (non-hydrogen) atoms. The summed E-state index contributed by atoms with van der Waals surface area (Å²) in [6.45, 7) is 1.87. The molecular weight excluding hydrogens is 436 g/mol. The minimum Gasteiger partial charge on any atom is -0.495 e. The van der Waals surface area contributed by atoms with Gasteiger partial charge in [-0.2, -0.15) is 0 Å². The van der Waals surface area contributed by atoms with E-state index in [4.69, 9.17) is 16.3 Å². The van der Waals surface area contributed by atoms with Gasteiger partial charge < -0.3 is 10.1 Å². The van der Waals surface area contributed by atoms with Crippen LogP contribution in [0.3, 0.4) is 0 Å². The molecular formula is C23H21ClN2O4S. The molecule has 1 N–H and O–H groups in total. The van der Waals surface area contributed by atoms with Crippen LogP contribution in [-0.2, 0) is 16.4 Å². The van der Waals surface area contributed by atoms with Gasteiger partial charge in [0.05, 0.1) is 23.4 Å². The fraction of sp³-hybridized carbons (Fsp3) is 0.174. The van der Waals surface area contributed by atoms with E-state index in [1.54, 1.807) is 36.4 Å². The zero-order valence-electron chi connectivity index (χ0n) is 17.0. The molecule has 0 aliphatic carbocycles. The molecule has 8 heteroatoms. The number of halogens is 1. The number of carbonyl (C=O) groups is 1. The van der Waals surface area contributed by atoms with Crippen molar-refractivity contribution in [2.24, 2.45) is 0 Å². The fourth-order valence-electron chi connectivity index (χ4n) is 3.79. The number of hydrogen-bond donors (Lipinski definition) is 1. The van der Waals surface area contributed by atoms with Gasteiger partial charge in [0.15, 0.2) is 0 Å². The molecule has 0 radical (unpaired) electrons. The van der Waals surface area contributed by atoms with E-state index in [0.717, 1.165) is 5.56 Å². The van der Waals surface area contributed by atoms with Crippen LogP contribution in [0.2, 0.25) is 5.02 Å². The largest absolute Gasteiger partial charge is 0.495 e. The van der Waals surface area contributed by atoms with E-state index in [9.17, 15) is 13.2 Å². The van der Waals surface area contributed by atoms with Crippen molar-refractivity contribution < 1.29 is 17.9 Å². The van der Waals surface area contributed by atoms with Gasteiger partial charge in [0, 0.05) is 16.6 Å². The van der Waals surface area contributed by atoms with Gasteiger partial charge in [-0.1, -0.05) is 35.9 Å². The van der Waals surface area contributed by atoms with Crippen LogP contribution >= 0.6 is 11.6 Å². The molecule has 160 valence electrons. The van der Waals surface area contributed by atoms with Crippen molar-refractivity contribution in [2.75, 3.05) is 16.7 Å². The summed E-state index contributed by atoms with van der Waals surface area (Å²) in [5.41, 5.74) is 2.27. The van der Waals surface area contributed by atoms with Crippen molar-refractivity contribution in [2.45, 2.75) is 24.3 Å². The van der Waals surface area contributed by atoms with E-state index < -0.39 is 15.9 Å². The molecule has 0 saturated heterocycles. The first-order valence-electron chi connectivity index (χ1n) is 9.68. The third-order valence-corrected chi connectivity index (χ3v) is 7.37.